The number of aryl methyl sites for hydroxylation is 1. The van der Waals surface area contributed by atoms with E-state index >= 15 is 0 Å². The summed E-state index contributed by atoms with van der Waals surface area (Å²) in [5.41, 5.74) is 2.87. The van der Waals surface area contributed by atoms with Crippen molar-refractivity contribution in [2.24, 2.45) is 0 Å². The van der Waals surface area contributed by atoms with Crippen LogP contribution in [0.25, 0.3) is 0 Å². The Morgan fingerprint density at radius 2 is 1.12 bits per heavy atom. The number of carbonyl (C=O) groups is 4. The van der Waals surface area contributed by atoms with E-state index in [-0.39, 0.29) is 49.6 Å². The van der Waals surface area contributed by atoms with Crippen LogP contribution in [0.1, 0.15) is 29.5 Å². The predicted octanol–water partition coefficient (Wildman–Crippen LogP) is 1.06. The third kappa shape index (κ3) is 7.91. The van der Waals surface area contributed by atoms with Crippen LogP contribution in [0.15, 0.2) is 53.4 Å². The first-order valence-electron chi connectivity index (χ1n) is 11.3. The van der Waals surface area contributed by atoms with Gasteiger partial charge in [0.1, 0.15) is 12.1 Å². The summed E-state index contributed by atoms with van der Waals surface area (Å²) in [4.78, 5) is 51.3. The van der Waals surface area contributed by atoms with Crippen molar-refractivity contribution >= 4 is 36.3 Å². The summed E-state index contributed by atoms with van der Waals surface area (Å²) < 4.78 is 0. The second-order valence-electron chi connectivity index (χ2n) is 8.38. The van der Waals surface area contributed by atoms with E-state index in [4.69, 9.17) is 0 Å². The monoisotopic (exact) mass is 482 g/mol. The summed E-state index contributed by atoms with van der Waals surface area (Å²) in [6, 6.07) is 13.5. The molecular formula is C25H30N4O4S. The van der Waals surface area contributed by atoms with Gasteiger partial charge < -0.3 is 21.3 Å². The molecule has 1 aliphatic heterocycles. The van der Waals surface area contributed by atoms with Crippen molar-refractivity contribution in [2.75, 3.05) is 13.1 Å². The Labute approximate surface area is 204 Å². The molecule has 2 aromatic rings. The fourth-order valence-electron chi connectivity index (χ4n) is 3.62. The Morgan fingerprint density at radius 1 is 0.706 bits per heavy atom. The van der Waals surface area contributed by atoms with Gasteiger partial charge in [0.25, 0.3) is 0 Å². The summed E-state index contributed by atoms with van der Waals surface area (Å²) in [6.45, 7) is 2.15. The van der Waals surface area contributed by atoms with E-state index in [0.717, 1.165) is 21.6 Å². The van der Waals surface area contributed by atoms with E-state index < -0.39 is 12.1 Å². The molecule has 4 amide bonds. The number of carbonyl (C=O) groups excluding carboxylic acids is 4. The molecule has 0 aromatic heterocycles. The van der Waals surface area contributed by atoms with Crippen molar-refractivity contribution in [2.45, 2.75) is 49.6 Å². The Balaban J connectivity index is 1.67. The highest BCUT2D eigenvalue weighted by Gasteiger charge is 2.24. The van der Waals surface area contributed by atoms with Crippen molar-refractivity contribution in [3.63, 3.8) is 0 Å². The third-order valence-electron chi connectivity index (χ3n) is 5.54. The van der Waals surface area contributed by atoms with Crippen LogP contribution in [-0.2, 0) is 32.0 Å². The number of hydrogen-bond donors (Lipinski definition) is 5. The first kappa shape index (κ1) is 25.3. The number of benzene rings is 2. The van der Waals surface area contributed by atoms with Crippen LogP contribution in [0, 0.1) is 6.92 Å². The quantitative estimate of drug-likeness (QED) is 0.419. The number of nitrogens with one attached hydrogen (secondary N) is 4. The van der Waals surface area contributed by atoms with Gasteiger partial charge in [0.15, 0.2) is 0 Å². The normalized spacial score (nSPS) is 20.4. The topological polar surface area (TPSA) is 116 Å². The van der Waals surface area contributed by atoms with Crippen LogP contribution in [0.2, 0.25) is 0 Å². The standard InChI is InChI=1S/C25H30N4O4S/c1-16-2-4-17(5-3-16)14-20-24(32)26-12-11-23(31)29-21(15-18-6-8-19(34)9-7-18)25(33)27-13-10-22(30)28-20/h2-9,20-21,34H,10-15H2,1H3,(H,26,32)(H,27,33)(H,28,30)(H,29,31)/t20-,21-/m0/s1. The molecule has 0 unspecified atom stereocenters. The molecule has 0 saturated carbocycles. The Bertz CT molecular complexity index is 941. The summed E-state index contributed by atoms with van der Waals surface area (Å²) >= 11 is 4.26. The average Bonchev–Trinajstić information content (AvgIpc) is 2.80. The number of hydrogen-bond acceptors (Lipinski definition) is 5. The van der Waals surface area contributed by atoms with Crippen molar-refractivity contribution in [3.05, 3.63) is 65.2 Å². The molecule has 9 heteroatoms. The summed E-state index contributed by atoms with van der Waals surface area (Å²) in [7, 11) is 0. The molecular weight excluding hydrogens is 452 g/mol. The Kier molecular flexibility index (Phi) is 9.09. The van der Waals surface area contributed by atoms with Gasteiger partial charge in [0.2, 0.25) is 23.6 Å². The molecule has 34 heavy (non-hydrogen) atoms. The first-order chi connectivity index (χ1) is 16.3. The molecule has 3 rings (SSSR count). The van der Waals surface area contributed by atoms with E-state index in [0.29, 0.717) is 12.8 Å². The maximum Gasteiger partial charge on any atom is 0.242 e. The largest absolute Gasteiger partial charge is 0.354 e. The minimum absolute atomic E-state index is 0.0102. The molecule has 1 fully saturated rings. The van der Waals surface area contributed by atoms with Crippen LogP contribution in [0.3, 0.4) is 0 Å². The van der Waals surface area contributed by atoms with Gasteiger partial charge in [0.05, 0.1) is 0 Å². The smallest absolute Gasteiger partial charge is 0.242 e. The van der Waals surface area contributed by atoms with E-state index in [2.05, 4.69) is 33.9 Å². The van der Waals surface area contributed by atoms with Crippen molar-refractivity contribution < 1.29 is 19.2 Å². The molecule has 0 aliphatic carbocycles. The van der Waals surface area contributed by atoms with Crippen LogP contribution >= 0.6 is 12.6 Å². The molecule has 0 radical (unpaired) electrons. The van der Waals surface area contributed by atoms with Crippen LogP contribution in [0.5, 0.6) is 0 Å². The Hall–Kier alpha value is -3.33. The highest BCUT2D eigenvalue weighted by atomic mass is 32.1. The van der Waals surface area contributed by atoms with Gasteiger partial charge in [-0.3, -0.25) is 19.2 Å². The van der Waals surface area contributed by atoms with E-state index in [9.17, 15) is 19.2 Å². The maximum atomic E-state index is 12.8. The zero-order valence-corrected chi connectivity index (χ0v) is 20.0. The molecule has 1 aliphatic rings. The highest BCUT2D eigenvalue weighted by Crippen LogP contribution is 2.11. The van der Waals surface area contributed by atoms with Gasteiger partial charge in [-0.2, -0.15) is 0 Å². The fraction of sp³-hybridized carbons (Fsp3) is 0.360. The summed E-state index contributed by atoms with van der Waals surface area (Å²) in [5, 5.41) is 10.9. The lowest BCUT2D eigenvalue weighted by Gasteiger charge is -2.22. The predicted molar refractivity (Wildman–Crippen MR) is 131 cm³/mol. The minimum Gasteiger partial charge on any atom is -0.354 e. The number of thiol groups is 1. The minimum atomic E-state index is -0.797. The number of amides is 4. The van der Waals surface area contributed by atoms with Crippen LogP contribution in [0.4, 0.5) is 0 Å². The van der Waals surface area contributed by atoms with Crippen LogP contribution < -0.4 is 21.3 Å². The second-order valence-corrected chi connectivity index (χ2v) is 8.90. The maximum absolute atomic E-state index is 12.8. The van der Waals surface area contributed by atoms with Crippen molar-refractivity contribution in [3.8, 4) is 0 Å². The average molecular weight is 483 g/mol. The van der Waals surface area contributed by atoms with E-state index in [1.807, 2.05) is 55.5 Å². The molecule has 180 valence electrons. The van der Waals surface area contributed by atoms with Crippen molar-refractivity contribution in [1.29, 1.82) is 0 Å². The molecule has 0 bridgehead atoms. The van der Waals surface area contributed by atoms with Gasteiger partial charge in [-0.25, -0.2) is 0 Å². The molecule has 0 spiro atoms. The van der Waals surface area contributed by atoms with Gasteiger partial charge in [-0.05, 0) is 30.2 Å². The second kappa shape index (κ2) is 12.2. The van der Waals surface area contributed by atoms with E-state index in [1.54, 1.807) is 0 Å². The molecule has 1 heterocycles. The number of rotatable bonds is 4. The van der Waals surface area contributed by atoms with Crippen molar-refractivity contribution in [1.82, 2.24) is 21.3 Å². The molecule has 4 N–H and O–H groups in total. The van der Waals surface area contributed by atoms with Gasteiger partial charge in [0, 0.05) is 43.7 Å². The SMILES string of the molecule is Cc1ccc(C[C@@H]2NC(=O)CCNC(=O)[C@H](Cc3ccc(S)cc3)NC(=O)CCNC2=O)cc1. The lowest BCUT2D eigenvalue weighted by Crippen LogP contribution is -2.52. The summed E-state index contributed by atoms with van der Waals surface area (Å²) in [6.07, 6.45) is 0.640. The van der Waals surface area contributed by atoms with Gasteiger partial charge in [-0.15, -0.1) is 12.6 Å². The lowest BCUT2D eigenvalue weighted by atomic mass is 10.0. The van der Waals surface area contributed by atoms with E-state index in [1.165, 1.54) is 0 Å². The molecule has 8 nitrogen and oxygen atoms in total. The Morgan fingerprint density at radius 3 is 1.56 bits per heavy atom. The highest BCUT2D eigenvalue weighted by molar-refractivity contribution is 7.80. The van der Waals surface area contributed by atoms with Gasteiger partial charge in [-0.1, -0.05) is 42.0 Å². The van der Waals surface area contributed by atoms with Gasteiger partial charge >= 0.3 is 0 Å². The van der Waals surface area contributed by atoms with Crippen LogP contribution in [-0.4, -0.2) is 48.8 Å². The molecule has 2 aromatic carbocycles. The zero-order valence-electron chi connectivity index (χ0n) is 19.1. The third-order valence-corrected chi connectivity index (χ3v) is 5.84. The molecule has 2 atom stereocenters. The first-order valence-corrected chi connectivity index (χ1v) is 11.7. The fourth-order valence-corrected chi connectivity index (χ4v) is 3.77. The summed E-state index contributed by atoms with van der Waals surface area (Å²) in [5.74, 6) is -1.41. The lowest BCUT2D eigenvalue weighted by molar-refractivity contribution is -0.131. The molecule has 1 saturated heterocycles. The zero-order chi connectivity index (χ0) is 24.5.